The Morgan fingerprint density at radius 1 is 1.12 bits per heavy atom. The highest BCUT2D eigenvalue weighted by atomic mass is 16.6. The zero-order chi connectivity index (χ0) is 28.3. The van der Waals surface area contributed by atoms with Crippen molar-refractivity contribution in [2.24, 2.45) is 0 Å². The van der Waals surface area contributed by atoms with Gasteiger partial charge in [0.2, 0.25) is 0 Å². The van der Waals surface area contributed by atoms with Crippen LogP contribution in [0.1, 0.15) is 74.6 Å². The summed E-state index contributed by atoms with van der Waals surface area (Å²) in [5, 5.41) is 16.8. The molecule has 1 fully saturated rings. The lowest BCUT2D eigenvalue weighted by Gasteiger charge is -2.24. The molecule has 1 aliphatic heterocycles. The molecule has 9 heteroatoms. The number of nitrogens with one attached hydrogen (secondary N) is 1. The Kier molecular flexibility index (Phi) is 7.90. The van der Waals surface area contributed by atoms with Gasteiger partial charge in [-0.25, -0.2) is 14.3 Å². The number of fused-ring (bicyclic) bond motifs is 3. The highest BCUT2D eigenvalue weighted by Crippen LogP contribution is 2.44. The first-order chi connectivity index (χ1) is 19.2. The minimum absolute atomic E-state index is 0.0225. The number of nitriles is 1. The number of ether oxygens (including phenoxy) is 3. The van der Waals surface area contributed by atoms with E-state index in [0.29, 0.717) is 12.2 Å². The fraction of sp³-hybridized carbons (Fsp3) is 0.419. The fourth-order valence-corrected chi connectivity index (χ4v) is 5.32. The third kappa shape index (κ3) is 6.02. The Labute approximate surface area is 234 Å². The molecule has 1 N–H and O–H groups in total. The lowest BCUT2D eigenvalue weighted by atomic mass is 9.98. The maximum atomic E-state index is 13.2. The molecule has 0 bridgehead atoms. The zero-order valence-corrected chi connectivity index (χ0v) is 23.1. The third-order valence-electron chi connectivity index (χ3n) is 7.12. The van der Waals surface area contributed by atoms with Crippen molar-refractivity contribution in [3.63, 3.8) is 0 Å². The Morgan fingerprint density at radius 3 is 2.40 bits per heavy atom. The molecule has 208 valence electrons. The molecule has 2 aliphatic rings. The molecular weight excluding hydrogens is 508 g/mol. The molecule has 1 aliphatic carbocycles. The van der Waals surface area contributed by atoms with Crippen molar-refractivity contribution in [3.05, 3.63) is 77.1 Å². The quantitative estimate of drug-likeness (QED) is 0.406. The fourth-order valence-electron chi connectivity index (χ4n) is 5.32. The largest absolute Gasteiger partial charge is 0.458 e. The lowest BCUT2D eigenvalue weighted by molar-refractivity contribution is -0.157. The van der Waals surface area contributed by atoms with Crippen LogP contribution in [-0.4, -0.2) is 46.7 Å². The molecule has 2 aromatic carbocycles. The van der Waals surface area contributed by atoms with Crippen molar-refractivity contribution in [2.75, 3.05) is 13.2 Å². The highest BCUT2D eigenvalue weighted by molar-refractivity contribution is 5.82. The van der Waals surface area contributed by atoms with Crippen molar-refractivity contribution in [3.8, 4) is 17.2 Å². The maximum absolute atomic E-state index is 13.2. The van der Waals surface area contributed by atoms with Crippen LogP contribution in [0.15, 0.2) is 54.7 Å². The van der Waals surface area contributed by atoms with E-state index in [1.54, 1.807) is 31.6 Å². The van der Waals surface area contributed by atoms with Crippen molar-refractivity contribution >= 4 is 12.1 Å². The van der Waals surface area contributed by atoms with Gasteiger partial charge >= 0.3 is 12.1 Å². The van der Waals surface area contributed by atoms with Crippen molar-refractivity contribution < 1.29 is 23.8 Å². The number of esters is 1. The molecule has 5 rings (SSSR count). The monoisotopic (exact) mass is 542 g/mol. The Balaban J connectivity index is 1.31. The van der Waals surface area contributed by atoms with Gasteiger partial charge in [-0.05, 0) is 62.3 Å². The number of carbonyl (C=O) groups is 2. The predicted molar refractivity (Wildman–Crippen MR) is 147 cm³/mol. The second-order valence-electron chi connectivity index (χ2n) is 11.2. The van der Waals surface area contributed by atoms with Crippen molar-refractivity contribution in [1.82, 2.24) is 15.1 Å². The van der Waals surface area contributed by atoms with Gasteiger partial charge in [0.1, 0.15) is 30.5 Å². The predicted octanol–water partition coefficient (Wildman–Crippen LogP) is 5.25. The molecule has 0 radical (unpaired) electrons. The smallest absolute Gasteiger partial charge is 0.407 e. The zero-order valence-electron chi connectivity index (χ0n) is 23.1. The molecule has 1 saturated heterocycles. The standard InChI is InChI=1S/C31H34N4O5/c1-31(2,3)40-29(36)26(16-20-18-35(34-27(20)17-32)28-14-8-9-15-38-28)33-30(37)39-19-25-23-12-6-4-10-21(23)22-11-5-7-13-24(22)25/h4-7,10-13,18,25-26,28H,8-9,14-16,19H2,1-3H3,(H,33,37)/t26-,28?/m0/s1. The highest BCUT2D eigenvalue weighted by Gasteiger charge is 2.32. The summed E-state index contributed by atoms with van der Waals surface area (Å²) in [4.78, 5) is 26.2. The van der Waals surface area contributed by atoms with Gasteiger partial charge in [-0.2, -0.15) is 10.4 Å². The summed E-state index contributed by atoms with van der Waals surface area (Å²) in [5.41, 5.74) is 4.37. The molecule has 2 heterocycles. The number of amides is 1. The Bertz CT molecular complexity index is 1380. The van der Waals surface area contributed by atoms with Crippen LogP contribution >= 0.6 is 0 Å². The van der Waals surface area contributed by atoms with Crippen LogP contribution in [0.3, 0.4) is 0 Å². The lowest BCUT2D eigenvalue weighted by Crippen LogP contribution is -2.46. The van der Waals surface area contributed by atoms with E-state index in [2.05, 4.69) is 28.6 Å². The molecule has 1 unspecified atom stereocenters. The molecular formula is C31H34N4O5. The molecule has 9 nitrogen and oxygen atoms in total. The summed E-state index contributed by atoms with van der Waals surface area (Å²) in [6, 6.07) is 17.2. The number of hydrogen-bond donors (Lipinski definition) is 1. The molecule has 1 amide bonds. The van der Waals surface area contributed by atoms with E-state index in [1.165, 1.54) is 0 Å². The van der Waals surface area contributed by atoms with Crippen LogP contribution in [0, 0.1) is 11.3 Å². The summed E-state index contributed by atoms with van der Waals surface area (Å²) in [7, 11) is 0. The minimum Gasteiger partial charge on any atom is -0.458 e. The van der Waals surface area contributed by atoms with Gasteiger partial charge in [-0.3, -0.25) is 0 Å². The summed E-state index contributed by atoms with van der Waals surface area (Å²) in [6.07, 6.45) is 3.52. The normalized spacial score (nSPS) is 17.3. The van der Waals surface area contributed by atoms with Gasteiger partial charge in [0.25, 0.3) is 0 Å². The summed E-state index contributed by atoms with van der Waals surface area (Å²) >= 11 is 0. The molecule has 1 aromatic heterocycles. The minimum atomic E-state index is -1.08. The summed E-state index contributed by atoms with van der Waals surface area (Å²) in [6.45, 7) is 6.02. The van der Waals surface area contributed by atoms with Crippen molar-refractivity contribution in [1.29, 1.82) is 5.26 Å². The molecule has 2 atom stereocenters. The molecule has 0 saturated carbocycles. The Hall–Kier alpha value is -4.16. The second-order valence-corrected chi connectivity index (χ2v) is 11.2. The third-order valence-corrected chi connectivity index (χ3v) is 7.12. The summed E-state index contributed by atoms with van der Waals surface area (Å²) in [5.74, 6) is -0.733. The topological polar surface area (TPSA) is 115 Å². The van der Waals surface area contributed by atoms with Gasteiger partial charge in [-0.15, -0.1) is 0 Å². The molecule has 40 heavy (non-hydrogen) atoms. The van der Waals surface area contributed by atoms with E-state index in [4.69, 9.17) is 14.2 Å². The number of alkyl carbamates (subject to hydrolysis) is 1. The number of nitrogens with zero attached hydrogens (tertiary/aromatic N) is 3. The van der Waals surface area contributed by atoms with E-state index >= 15 is 0 Å². The van der Waals surface area contributed by atoms with Gasteiger partial charge in [0.15, 0.2) is 5.69 Å². The molecule has 0 spiro atoms. The van der Waals surface area contributed by atoms with Crippen LogP contribution in [0.2, 0.25) is 0 Å². The van der Waals surface area contributed by atoms with Gasteiger partial charge in [0, 0.05) is 30.7 Å². The van der Waals surface area contributed by atoms with Gasteiger partial charge in [0.05, 0.1) is 0 Å². The second kappa shape index (κ2) is 11.5. The SMILES string of the molecule is CC(C)(C)OC(=O)[C@H](Cc1cn(C2CCCCO2)nc1C#N)NC(=O)OCC1c2ccccc2-c2ccccc21. The van der Waals surface area contributed by atoms with Crippen LogP contribution in [0.25, 0.3) is 11.1 Å². The average Bonchev–Trinajstić information content (AvgIpc) is 3.50. The maximum Gasteiger partial charge on any atom is 0.407 e. The van der Waals surface area contributed by atoms with E-state index in [0.717, 1.165) is 41.5 Å². The Morgan fingerprint density at radius 2 is 1.80 bits per heavy atom. The van der Waals surface area contributed by atoms with Crippen LogP contribution < -0.4 is 5.32 Å². The first-order valence-electron chi connectivity index (χ1n) is 13.7. The number of benzene rings is 2. The van der Waals surface area contributed by atoms with Crippen molar-refractivity contribution in [2.45, 2.75) is 70.2 Å². The average molecular weight is 543 g/mol. The van der Waals surface area contributed by atoms with Gasteiger partial charge in [-0.1, -0.05) is 48.5 Å². The van der Waals surface area contributed by atoms with E-state index < -0.39 is 23.7 Å². The first-order valence-corrected chi connectivity index (χ1v) is 13.7. The molecule has 3 aromatic rings. The van der Waals surface area contributed by atoms with E-state index in [9.17, 15) is 14.9 Å². The number of rotatable bonds is 7. The number of hydrogen-bond acceptors (Lipinski definition) is 7. The first kappa shape index (κ1) is 27.4. The van der Waals surface area contributed by atoms with Crippen LogP contribution in [0.4, 0.5) is 4.79 Å². The number of aromatic nitrogens is 2. The number of carbonyl (C=O) groups excluding carboxylic acids is 2. The summed E-state index contributed by atoms with van der Waals surface area (Å²) < 4.78 is 18.7. The van der Waals surface area contributed by atoms with Gasteiger partial charge < -0.3 is 19.5 Å². The van der Waals surface area contributed by atoms with E-state index in [1.807, 2.05) is 36.4 Å². The van der Waals surface area contributed by atoms with Crippen LogP contribution in [-0.2, 0) is 25.4 Å². The van der Waals surface area contributed by atoms with E-state index in [-0.39, 0.29) is 30.9 Å². The van der Waals surface area contributed by atoms with Crippen LogP contribution in [0.5, 0.6) is 0 Å².